The third kappa shape index (κ3) is 29.1. The van der Waals surface area contributed by atoms with Gasteiger partial charge in [-0.15, -0.1) is 0 Å². The molecule has 0 atom stereocenters. The third-order valence-electron chi connectivity index (χ3n) is 0. The molecule has 0 spiro atoms. The van der Waals surface area contributed by atoms with Crippen molar-refractivity contribution in [2.75, 3.05) is 0 Å². The van der Waals surface area contributed by atoms with Gasteiger partial charge >= 0.3 is 90.3 Å². The van der Waals surface area contributed by atoms with Crippen LogP contribution in [-0.4, -0.2) is 60.8 Å². The molecule has 6 heteroatoms. The SMILES string of the molecule is [Ca+2].[F-].[F-].[F-].[Mg+2].[Na+]. The van der Waals surface area contributed by atoms with Crippen molar-refractivity contribution in [3.63, 3.8) is 0 Å². The second-order valence-corrected chi connectivity index (χ2v) is 0. The van der Waals surface area contributed by atoms with Crippen molar-refractivity contribution in [1.29, 1.82) is 0 Å². The molecule has 0 bridgehead atoms. The Morgan fingerprint density at radius 1 is 0.667 bits per heavy atom. The van der Waals surface area contributed by atoms with E-state index in [0.29, 0.717) is 0 Å². The topological polar surface area (TPSA) is 0 Å². The van der Waals surface area contributed by atoms with E-state index >= 15 is 0 Å². The Morgan fingerprint density at radius 3 is 0.667 bits per heavy atom. The molecule has 0 saturated heterocycles. The molecule has 0 amide bonds. The molecule has 24 valence electrons. The summed E-state index contributed by atoms with van der Waals surface area (Å²) in [5.41, 5.74) is 0. The van der Waals surface area contributed by atoms with Gasteiger partial charge in [0.05, 0.1) is 0 Å². The van der Waals surface area contributed by atoms with E-state index in [2.05, 4.69) is 0 Å². The van der Waals surface area contributed by atoms with Crippen molar-refractivity contribution >= 4 is 60.8 Å². The Labute approximate surface area is 102 Å². The van der Waals surface area contributed by atoms with Crippen LogP contribution in [0, 0.1) is 0 Å². The molecule has 0 fully saturated rings. The Balaban J connectivity index is 0. The van der Waals surface area contributed by atoms with Gasteiger partial charge in [0, 0.05) is 0 Å². The summed E-state index contributed by atoms with van der Waals surface area (Å²) in [6, 6.07) is 0. The summed E-state index contributed by atoms with van der Waals surface area (Å²) in [5.74, 6) is 0. The normalized spacial score (nSPS) is 0. The van der Waals surface area contributed by atoms with Crippen LogP contribution in [0.3, 0.4) is 0 Å². The molecular formula is CaF3MgNa+2. The molecular weight excluding hydrogens is 144 g/mol. The van der Waals surface area contributed by atoms with Crippen LogP contribution in [0.2, 0.25) is 0 Å². The van der Waals surface area contributed by atoms with Crippen LogP contribution >= 0.6 is 0 Å². The van der Waals surface area contributed by atoms with Crippen molar-refractivity contribution < 1.29 is 43.7 Å². The Bertz CT molecular complexity index is 10.8. The molecule has 0 aliphatic carbocycles. The van der Waals surface area contributed by atoms with E-state index in [1.165, 1.54) is 0 Å². The fourth-order valence-electron chi connectivity index (χ4n) is 0. The average molecular weight is 144 g/mol. The maximum absolute atomic E-state index is 0. The summed E-state index contributed by atoms with van der Waals surface area (Å²) in [4.78, 5) is 0. The summed E-state index contributed by atoms with van der Waals surface area (Å²) in [5, 5.41) is 0. The molecule has 0 aliphatic rings. The van der Waals surface area contributed by atoms with E-state index in [1.807, 2.05) is 0 Å². The molecule has 0 rings (SSSR count). The van der Waals surface area contributed by atoms with Gasteiger partial charge in [-0.2, -0.15) is 0 Å². The summed E-state index contributed by atoms with van der Waals surface area (Å²) < 4.78 is 0. The minimum absolute atomic E-state index is 0. The predicted molar refractivity (Wildman–Crippen MR) is 11.5 cm³/mol. The monoisotopic (exact) mass is 144 g/mol. The third-order valence-corrected chi connectivity index (χ3v) is 0. The summed E-state index contributed by atoms with van der Waals surface area (Å²) in [7, 11) is 0. The van der Waals surface area contributed by atoms with Crippen LogP contribution in [0.25, 0.3) is 0 Å². The quantitative estimate of drug-likeness (QED) is 0.296. The van der Waals surface area contributed by atoms with Crippen molar-refractivity contribution in [1.82, 2.24) is 0 Å². The zero-order valence-corrected chi connectivity index (χ0v) is 9.17. The van der Waals surface area contributed by atoms with Gasteiger partial charge in [0.15, 0.2) is 0 Å². The Hall–Kier alpha value is 2.82. The maximum atomic E-state index is 0. The Morgan fingerprint density at radius 2 is 0.667 bits per heavy atom. The first-order valence-corrected chi connectivity index (χ1v) is 0. The van der Waals surface area contributed by atoms with Gasteiger partial charge < -0.3 is 14.1 Å². The minimum Gasteiger partial charge on any atom is -1.00 e. The van der Waals surface area contributed by atoms with Crippen LogP contribution in [-0.2, 0) is 0 Å². The minimum atomic E-state index is 0. The van der Waals surface area contributed by atoms with Gasteiger partial charge in [0.2, 0.25) is 0 Å². The predicted octanol–water partition coefficient (Wildman–Crippen LogP) is -12.7. The summed E-state index contributed by atoms with van der Waals surface area (Å²) in [6.07, 6.45) is 0. The zero-order valence-electron chi connectivity index (χ0n) is 3.55. The first kappa shape index (κ1) is 67.9. The van der Waals surface area contributed by atoms with Gasteiger partial charge in [0.1, 0.15) is 0 Å². The summed E-state index contributed by atoms with van der Waals surface area (Å²) >= 11 is 0. The zero-order chi connectivity index (χ0) is 0. The molecule has 0 aromatic carbocycles. The molecule has 0 heterocycles. The number of hydrogen-bond donors (Lipinski definition) is 0. The molecule has 0 saturated carbocycles. The van der Waals surface area contributed by atoms with E-state index in [0.717, 1.165) is 0 Å². The van der Waals surface area contributed by atoms with Crippen LogP contribution in [0.15, 0.2) is 0 Å². The van der Waals surface area contributed by atoms with E-state index in [1.54, 1.807) is 0 Å². The van der Waals surface area contributed by atoms with Crippen LogP contribution in [0.4, 0.5) is 0 Å². The summed E-state index contributed by atoms with van der Waals surface area (Å²) in [6.45, 7) is 0. The van der Waals surface area contributed by atoms with Gasteiger partial charge in [-0.25, -0.2) is 0 Å². The van der Waals surface area contributed by atoms with Crippen molar-refractivity contribution in [2.24, 2.45) is 0 Å². The van der Waals surface area contributed by atoms with E-state index in [4.69, 9.17) is 0 Å². The van der Waals surface area contributed by atoms with Crippen molar-refractivity contribution in [2.45, 2.75) is 0 Å². The first-order valence-electron chi connectivity index (χ1n) is 0. The fraction of sp³-hybridized carbons (Fsp3) is 0. The molecule has 0 aromatic rings. The molecule has 0 nitrogen and oxygen atoms in total. The smallest absolute Gasteiger partial charge is 1.00 e. The van der Waals surface area contributed by atoms with Gasteiger partial charge in [-0.1, -0.05) is 0 Å². The average Bonchev–Trinajstić information content (AvgIpc) is 0. The van der Waals surface area contributed by atoms with E-state index in [-0.39, 0.29) is 104 Å². The number of hydrogen-bond acceptors (Lipinski definition) is 0. The number of rotatable bonds is 0. The Kier molecular flexibility index (Phi) is 518. The molecule has 0 aromatic heterocycles. The second kappa shape index (κ2) is 45.8. The van der Waals surface area contributed by atoms with Gasteiger partial charge in [-0.05, 0) is 0 Å². The van der Waals surface area contributed by atoms with Gasteiger partial charge in [0.25, 0.3) is 0 Å². The first-order chi connectivity index (χ1) is 0. The second-order valence-electron chi connectivity index (χ2n) is 0. The van der Waals surface area contributed by atoms with Crippen LogP contribution in [0.5, 0.6) is 0 Å². The van der Waals surface area contributed by atoms with E-state index < -0.39 is 0 Å². The number of halogens is 3. The maximum Gasteiger partial charge on any atom is 2.00 e. The molecule has 0 N–H and O–H groups in total. The molecule has 0 aliphatic heterocycles. The van der Waals surface area contributed by atoms with Crippen molar-refractivity contribution in [3.8, 4) is 0 Å². The molecule has 0 radical (unpaired) electrons. The molecule has 6 heavy (non-hydrogen) atoms. The molecule has 0 unspecified atom stereocenters. The fourth-order valence-corrected chi connectivity index (χ4v) is 0. The van der Waals surface area contributed by atoms with E-state index in [9.17, 15) is 0 Å². The van der Waals surface area contributed by atoms with Gasteiger partial charge in [-0.3, -0.25) is 0 Å². The van der Waals surface area contributed by atoms with Crippen LogP contribution < -0.4 is 43.7 Å². The van der Waals surface area contributed by atoms with Crippen LogP contribution in [0.1, 0.15) is 0 Å². The largest absolute Gasteiger partial charge is 2.00 e. The van der Waals surface area contributed by atoms with Crippen molar-refractivity contribution in [3.05, 3.63) is 0 Å². The standard InChI is InChI=1S/Ca.3FH.Mg.Na/h;3*1H;;/q+2;;;;+2;+1/p-3.